The number of aliphatic hydroxyl groups excluding tert-OH is 1. The Bertz CT molecular complexity index is 370. The van der Waals surface area contributed by atoms with Gasteiger partial charge in [0.2, 0.25) is 5.16 Å². The summed E-state index contributed by atoms with van der Waals surface area (Å²) in [6.45, 7) is 5.84. The van der Waals surface area contributed by atoms with Crippen LogP contribution in [0.5, 0.6) is 0 Å². The molecule has 0 bridgehead atoms. The minimum absolute atomic E-state index is 0.214. The average Bonchev–Trinajstić information content (AvgIpc) is 2.90. The Balaban J connectivity index is 1.87. The quantitative estimate of drug-likeness (QED) is 0.792. The topological polar surface area (TPSA) is 75.9 Å². The summed E-state index contributed by atoms with van der Waals surface area (Å²) in [7, 11) is 0. The molecule has 0 aliphatic heterocycles. The van der Waals surface area contributed by atoms with Crippen LogP contribution in [0.1, 0.15) is 33.1 Å². The summed E-state index contributed by atoms with van der Waals surface area (Å²) in [5, 5.41) is 26.0. The van der Waals surface area contributed by atoms with Gasteiger partial charge >= 0.3 is 0 Å². The third-order valence-electron chi connectivity index (χ3n) is 3.05. The van der Waals surface area contributed by atoms with Crippen molar-refractivity contribution in [1.29, 1.82) is 0 Å². The van der Waals surface area contributed by atoms with Crippen molar-refractivity contribution >= 4 is 11.8 Å². The van der Waals surface area contributed by atoms with E-state index in [4.69, 9.17) is 0 Å². The Kier molecular flexibility index (Phi) is 4.96. The summed E-state index contributed by atoms with van der Waals surface area (Å²) in [6.07, 6.45) is 2.82. The molecule has 1 aromatic rings. The fourth-order valence-corrected chi connectivity index (χ4v) is 3.24. The van der Waals surface area contributed by atoms with Gasteiger partial charge in [-0.3, -0.25) is 0 Å². The van der Waals surface area contributed by atoms with Gasteiger partial charge in [0.1, 0.15) is 0 Å². The number of nitrogens with one attached hydrogen (secondary N) is 1. The maximum absolute atomic E-state index is 9.82. The minimum atomic E-state index is -0.214. The van der Waals surface area contributed by atoms with Crippen LogP contribution in [0.3, 0.4) is 0 Å². The predicted molar refractivity (Wildman–Crippen MR) is 70.5 cm³/mol. The van der Waals surface area contributed by atoms with Gasteiger partial charge in [0.15, 0.2) is 0 Å². The van der Waals surface area contributed by atoms with E-state index < -0.39 is 0 Å². The van der Waals surface area contributed by atoms with Gasteiger partial charge < -0.3 is 10.4 Å². The van der Waals surface area contributed by atoms with Crippen molar-refractivity contribution in [2.24, 2.45) is 0 Å². The largest absolute Gasteiger partial charge is 0.392 e. The van der Waals surface area contributed by atoms with Gasteiger partial charge in [0.25, 0.3) is 0 Å². The van der Waals surface area contributed by atoms with E-state index in [1.54, 1.807) is 11.8 Å². The monoisotopic (exact) mass is 271 g/mol. The number of hydrogen-bond acceptors (Lipinski definition) is 6. The Morgan fingerprint density at radius 3 is 3.00 bits per heavy atom. The number of hydrogen-bond donors (Lipinski definition) is 2. The third-order valence-corrected chi connectivity index (χ3v) is 4.41. The van der Waals surface area contributed by atoms with E-state index >= 15 is 0 Å². The second kappa shape index (κ2) is 6.49. The van der Waals surface area contributed by atoms with Crippen LogP contribution in [0.2, 0.25) is 0 Å². The highest BCUT2D eigenvalue weighted by Crippen LogP contribution is 2.33. The molecule has 2 unspecified atom stereocenters. The normalized spacial score (nSPS) is 24.0. The lowest BCUT2D eigenvalue weighted by Crippen LogP contribution is -2.27. The molecular formula is C11H21N5OS. The molecule has 6 nitrogen and oxygen atoms in total. The molecule has 0 spiro atoms. The molecule has 1 aliphatic carbocycles. The number of thioether (sulfide) groups is 1. The summed E-state index contributed by atoms with van der Waals surface area (Å²) in [5.74, 6) is 0. The van der Waals surface area contributed by atoms with E-state index in [9.17, 15) is 5.11 Å². The number of rotatable bonds is 6. The smallest absolute Gasteiger partial charge is 0.209 e. The molecule has 1 saturated carbocycles. The molecule has 0 saturated heterocycles. The van der Waals surface area contributed by atoms with E-state index in [0.717, 1.165) is 37.5 Å². The molecule has 18 heavy (non-hydrogen) atoms. The summed E-state index contributed by atoms with van der Waals surface area (Å²) in [6, 6.07) is 0.467. The van der Waals surface area contributed by atoms with E-state index in [2.05, 4.69) is 34.7 Å². The highest BCUT2D eigenvalue weighted by Gasteiger charge is 2.27. The van der Waals surface area contributed by atoms with E-state index in [1.807, 2.05) is 4.68 Å². The predicted octanol–water partition coefficient (Wildman–Crippen LogP) is 0.677. The van der Waals surface area contributed by atoms with E-state index in [0.29, 0.717) is 6.04 Å². The van der Waals surface area contributed by atoms with Crippen molar-refractivity contribution < 1.29 is 5.11 Å². The first-order valence-corrected chi connectivity index (χ1v) is 7.39. The Morgan fingerprint density at radius 2 is 2.33 bits per heavy atom. The lowest BCUT2D eigenvalue weighted by molar-refractivity contribution is 0.188. The lowest BCUT2D eigenvalue weighted by Gasteiger charge is -2.13. The van der Waals surface area contributed by atoms with Gasteiger partial charge in [0, 0.05) is 17.8 Å². The standard InChI is InChI=1S/C11H21N5OS/c1-8(2)12-6-7-16-11(13-14-15-16)18-10-5-3-4-9(10)17/h8-10,12,17H,3-7H2,1-2H3. The van der Waals surface area contributed by atoms with Crippen LogP contribution in [0.25, 0.3) is 0 Å². The summed E-state index contributed by atoms with van der Waals surface area (Å²) < 4.78 is 1.81. The third kappa shape index (κ3) is 3.66. The van der Waals surface area contributed by atoms with Crippen molar-refractivity contribution in [1.82, 2.24) is 25.5 Å². The zero-order valence-corrected chi connectivity index (χ0v) is 11.7. The van der Waals surface area contributed by atoms with Crippen LogP contribution in [0, 0.1) is 0 Å². The van der Waals surface area contributed by atoms with Gasteiger partial charge in [-0.1, -0.05) is 25.6 Å². The molecule has 2 atom stereocenters. The Hall–Kier alpha value is -0.660. The number of aliphatic hydroxyl groups is 1. The summed E-state index contributed by atoms with van der Waals surface area (Å²) in [5.41, 5.74) is 0. The minimum Gasteiger partial charge on any atom is -0.392 e. The molecule has 7 heteroatoms. The first kappa shape index (κ1) is 13.8. The van der Waals surface area contributed by atoms with Crippen LogP contribution < -0.4 is 5.32 Å². The van der Waals surface area contributed by atoms with E-state index in [1.165, 1.54) is 0 Å². The van der Waals surface area contributed by atoms with Crippen LogP contribution in [0.4, 0.5) is 0 Å². The van der Waals surface area contributed by atoms with Crippen LogP contribution in [0.15, 0.2) is 5.16 Å². The van der Waals surface area contributed by atoms with Gasteiger partial charge in [-0.2, -0.15) is 0 Å². The van der Waals surface area contributed by atoms with Gasteiger partial charge in [-0.15, -0.1) is 5.10 Å². The van der Waals surface area contributed by atoms with Crippen molar-refractivity contribution in [3.8, 4) is 0 Å². The molecule has 102 valence electrons. The van der Waals surface area contributed by atoms with Gasteiger partial charge in [0.05, 0.1) is 12.6 Å². The molecule has 0 amide bonds. The molecule has 1 aliphatic rings. The van der Waals surface area contributed by atoms with Crippen LogP contribution in [-0.2, 0) is 6.54 Å². The fraction of sp³-hybridized carbons (Fsp3) is 0.909. The number of tetrazole rings is 1. The van der Waals surface area contributed by atoms with Crippen molar-refractivity contribution in [2.45, 2.75) is 62.2 Å². The molecule has 1 heterocycles. The first-order valence-electron chi connectivity index (χ1n) is 6.51. The van der Waals surface area contributed by atoms with Crippen molar-refractivity contribution in [3.05, 3.63) is 0 Å². The lowest BCUT2D eigenvalue weighted by atomic mass is 10.3. The van der Waals surface area contributed by atoms with E-state index in [-0.39, 0.29) is 11.4 Å². The SMILES string of the molecule is CC(C)NCCn1nnnc1SC1CCCC1O. The van der Waals surface area contributed by atoms with Crippen LogP contribution >= 0.6 is 11.8 Å². The molecule has 2 N–H and O–H groups in total. The first-order chi connectivity index (χ1) is 8.66. The Morgan fingerprint density at radius 1 is 1.50 bits per heavy atom. The summed E-state index contributed by atoms with van der Waals surface area (Å²) >= 11 is 1.60. The second-order valence-corrected chi connectivity index (χ2v) is 6.15. The van der Waals surface area contributed by atoms with Crippen LogP contribution in [-0.4, -0.2) is 49.3 Å². The highest BCUT2D eigenvalue weighted by molar-refractivity contribution is 7.99. The Labute approximate surface area is 112 Å². The van der Waals surface area contributed by atoms with Gasteiger partial charge in [-0.05, 0) is 29.7 Å². The number of nitrogens with zero attached hydrogens (tertiary/aromatic N) is 4. The molecule has 0 radical (unpaired) electrons. The van der Waals surface area contributed by atoms with Crippen molar-refractivity contribution in [2.75, 3.05) is 6.54 Å². The molecular weight excluding hydrogens is 250 g/mol. The maximum Gasteiger partial charge on any atom is 0.209 e. The zero-order valence-electron chi connectivity index (χ0n) is 10.9. The average molecular weight is 271 g/mol. The molecule has 1 aromatic heterocycles. The molecule has 2 rings (SSSR count). The maximum atomic E-state index is 9.82. The van der Waals surface area contributed by atoms with Crippen molar-refractivity contribution in [3.63, 3.8) is 0 Å². The molecule has 0 aromatic carbocycles. The highest BCUT2D eigenvalue weighted by atomic mass is 32.2. The second-order valence-electron chi connectivity index (χ2n) is 4.95. The fourth-order valence-electron chi connectivity index (χ4n) is 2.06. The van der Waals surface area contributed by atoms with Gasteiger partial charge in [-0.25, -0.2) is 4.68 Å². The summed E-state index contributed by atoms with van der Waals surface area (Å²) in [4.78, 5) is 0. The number of aromatic nitrogens is 4. The molecule has 1 fully saturated rings. The zero-order chi connectivity index (χ0) is 13.0.